The number of aromatic nitrogens is 6. The number of nitrogens with one attached hydrogen (secondary N) is 4. The monoisotopic (exact) mass is 1120 g/mol. The molecular weight excluding hydrogens is 1080 g/mol. The first-order chi connectivity index (χ1) is 35.0. The van der Waals surface area contributed by atoms with Crippen LogP contribution in [-0.2, 0) is 19.1 Å². The molecule has 0 unspecified atom stereocenters. The minimum Gasteiger partial charge on any atom is -0.495 e. The molecule has 4 aromatic heterocycles. The van der Waals surface area contributed by atoms with Crippen LogP contribution in [-0.4, -0.2) is 142 Å². The van der Waals surface area contributed by atoms with Gasteiger partial charge in [0, 0.05) is 66.4 Å². The van der Waals surface area contributed by atoms with E-state index in [-0.39, 0.29) is 18.1 Å². The third-order valence-corrected chi connectivity index (χ3v) is 12.2. The molecule has 2 aromatic carbocycles. The Labute approximate surface area is 438 Å². The Balaban J connectivity index is 0.000000225. The SMILES string of the molecule is CNc1nc(-c2c(Cl)c(OC)cc(OC)c2Cl)cc2cnc(N[C@@H]3COC[C@@H]3C)nc12.CNc1nc(-c2c(Cl)c(OC)cc(OC)c2Cl)cc2cnc(N[C@@H]3COC[C@@H]3N)nc12.O=CC(F)(F)F.O=CC(F)(F)F. The molecule has 0 spiro atoms. The molecule has 74 heavy (non-hydrogen) atoms. The van der Waals surface area contributed by atoms with E-state index in [1.54, 1.807) is 38.6 Å². The third-order valence-electron chi connectivity index (χ3n) is 10.7. The molecular formula is C45H47Cl4F6N11O8. The molecule has 2 aliphatic rings. The summed E-state index contributed by atoms with van der Waals surface area (Å²) in [6.45, 7) is 4.50. The van der Waals surface area contributed by atoms with E-state index in [1.807, 2.05) is 12.1 Å². The lowest BCUT2D eigenvalue weighted by atomic mass is 10.1. The summed E-state index contributed by atoms with van der Waals surface area (Å²) in [5.74, 6) is 4.21. The average Bonchev–Trinajstić information content (AvgIpc) is 3.98. The molecule has 0 bridgehead atoms. The number of methoxy groups -OCH3 is 4. The minimum absolute atomic E-state index is 0.0513. The number of nitrogens with zero attached hydrogens (tertiary/aromatic N) is 6. The first kappa shape index (κ1) is 58.7. The van der Waals surface area contributed by atoms with Gasteiger partial charge in [0.15, 0.2) is 11.6 Å². The van der Waals surface area contributed by atoms with Crippen molar-refractivity contribution in [3.63, 3.8) is 0 Å². The van der Waals surface area contributed by atoms with Gasteiger partial charge in [0.05, 0.1) is 104 Å². The zero-order valence-electron chi connectivity index (χ0n) is 40.1. The molecule has 6 N–H and O–H groups in total. The summed E-state index contributed by atoms with van der Waals surface area (Å²) in [7, 11) is 9.65. The van der Waals surface area contributed by atoms with E-state index in [1.165, 1.54) is 28.4 Å². The first-order valence-corrected chi connectivity index (χ1v) is 23.0. The number of rotatable bonds is 12. The van der Waals surface area contributed by atoms with Crippen molar-refractivity contribution < 1.29 is 64.4 Å². The number of anilines is 4. The highest BCUT2D eigenvalue weighted by Gasteiger charge is 2.29. The highest BCUT2D eigenvalue weighted by molar-refractivity contribution is 6.41. The van der Waals surface area contributed by atoms with Crippen molar-refractivity contribution in [1.82, 2.24) is 29.9 Å². The maximum absolute atomic E-state index is 10.4. The lowest BCUT2D eigenvalue weighted by molar-refractivity contribution is -0.156. The number of benzene rings is 2. The standard InChI is InChI=1S/C21H23Cl2N5O3.C20H22Cl2N6O3.2C2HF3O/c1-10-8-31-9-13(10)27-21-25-7-11-5-12(26-20(24-2)19(11)28-21)16-17(22)14(29-3)6-15(30-4)18(16)23;1-24-19-18-9(6-25-20(28-18)27-12-8-31-7-10(12)23)4-11(26-19)15-16(21)13(29-2)5-14(30-3)17(15)22;2*3-2(4,5)1-6/h5-7,10,13H,8-9H2,1-4H3,(H,24,26)(H,25,27,28);4-6,10,12H,7-8,23H2,1-3H3,(H,24,26)(H,25,27,28);2*1H/t10-,13+;10-,12+;;/m00../s1. The molecule has 0 aliphatic carbocycles. The molecule has 29 heteroatoms. The minimum atomic E-state index is -4.64. The van der Waals surface area contributed by atoms with E-state index in [9.17, 15) is 26.3 Å². The van der Waals surface area contributed by atoms with Gasteiger partial charge in [0.25, 0.3) is 0 Å². The molecule has 0 radical (unpaired) electrons. The predicted molar refractivity (Wildman–Crippen MR) is 269 cm³/mol. The van der Waals surface area contributed by atoms with Gasteiger partial charge in [-0.3, -0.25) is 9.59 Å². The Morgan fingerprint density at radius 3 is 1.24 bits per heavy atom. The van der Waals surface area contributed by atoms with Gasteiger partial charge in [0.1, 0.15) is 34.0 Å². The van der Waals surface area contributed by atoms with Crippen molar-refractivity contribution in [3.05, 3.63) is 56.7 Å². The van der Waals surface area contributed by atoms with Crippen molar-refractivity contribution in [2.45, 2.75) is 37.4 Å². The van der Waals surface area contributed by atoms with Gasteiger partial charge in [-0.2, -0.15) is 26.3 Å². The van der Waals surface area contributed by atoms with Gasteiger partial charge >= 0.3 is 12.4 Å². The largest absolute Gasteiger partial charge is 0.495 e. The summed E-state index contributed by atoms with van der Waals surface area (Å²) >= 11 is 26.3. The van der Waals surface area contributed by atoms with Crippen LogP contribution in [0.15, 0.2) is 36.7 Å². The van der Waals surface area contributed by atoms with Gasteiger partial charge in [-0.1, -0.05) is 53.3 Å². The predicted octanol–water partition coefficient (Wildman–Crippen LogP) is 9.20. The summed E-state index contributed by atoms with van der Waals surface area (Å²) in [4.78, 5) is 45.0. The number of fused-ring (bicyclic) bond motifs is 2. The first-order valence-electron chi connectivity index (χ1n) is 21.5. The van der Waals surface area contributed by atoms with Crippen LogP contribution in [0, 0.1) is 5.92 Å². The zero-order valence-corrected chi connectivity index (χ0v) is 43.1. The van der Waals surface area contributed by atoms with Crippen LogP contribution in [0.1, 0.15) is 6.92 Å². The van der Waals surface area contributed by atoms with E-state index in [2.05, 4.69) is 48.1 Å². The van der Waals surface area contributed by atoms with Crippen LogP contribution < -0.4 is 45.9 Å². The van der Waals surface area contributed by atoms with Crippen molar-refractivity contribution >= 4 is 104 Å². The summed E-state index contributed by atoms with van der Waals surface area (Å²) in [6, 6.07) is 6.93. The van der Waals surface area contributed by atoms with Crippen LogP contribution >= 0.6 is 46.4 Å². The molecule has 6 heterocycles. The third kappa shape index (κ3) is 14.5. The normalized spacial score (nSPS) is 17.1. The van der Waals surface area contributed by atoms with Crippen molar-refractivity contribution in [3.8, 4) is 45.5 Å². The van der Waals surface area contributed by atoms with Gasteiger partial charge in [-0.15, -0.1) is 0 Å². The number of alkyl halides is 6. The number of hydrogen-bond donors (Lipinski definition) is 5. The number of hydrogen-bond acceptors (Lipinski definition) is 19. The highest BCUT2D eigenvalue weighted by Crippen LogP contribution is 2.48. The van der Waals surface area contributed by atoms with E-state index < -0.39 is 24.9 Å². The van der Waals surface area contributed by atoms with Gasteiger partial charge in [0.2, 0.25) is 24.5 Å². The van der Waals surface area contributed by atoms with Crippen LogP contribution in [0.5, 0.6) is 23.0 Å². The smallest absolute Gasteiger partial charge is 0.446 e. The van der Waals surface area contributed by atoms with E-state index in [0.29, 0.717) is 126 Å². The molecule has 2 saturated heterocycles. The van der Waals surface area contributed by atoms with Crippen LogP contribution in [0.2, 0.25) is 20.1 Å². The second kappa shape index (κ2) is 25.8. The Bertz CT molecular complexity index is 2700. The van der Waals surface area contributed by atoms with E-state index in [4.69, 9.17) is 100 Å². The fourth-order valence-electron chi connectivity index (χ4n) is 6.94. The quantitative estimate of drug-likeness (QED) is 0.0566. The number of halogens is 10. The number of nitrogens with two attached hydrogens (primary N) is 1. The molecule has 2 aliphatic heterocycles. The molecule has 6 aromatic rings. The molecule has 2 fully saturated rings. The Morgan fingerprint density at radius 1 is 0.595 bits per heavy atom. The Morgan fingerprint density at radius 2 is 0.946 bits per heavy atom. The number of carbonyl (C=O) groups is 2. The number of aldehydes is 2. The lowest BCUT2D eigenvalue weighted by Crippen LogP contribution is -2.39. The van der Waals surface area contributed by atoms with Gasteiger partial charge in [-0.05, 0) is 12.1 Å². The topological polar surface area (TPSA) is 241 Å². The average molecular weight is 1130 g/mol. The lowest BCUT2D eigenvalue weighted by Gasteiger charge is -2.17. The molecule has 0 amide bonds. The summed E-state index contributed by atoms with van der Waals surface area (Å²) < 4.78 is 94.9. The number of pyridine rings is 2. The number of ether oxygens (including phenoxy) is 6. The fourth-order valence-corrected chi connectivity index (χ4v) is 8.33. The van der Waals surface area contributed by atoms with Gasteiger partial charge < -0.3 is 55.4 Å². The van der Waals surface area contributed by atoms with Crippen LogP contribution in [0.3, 0.4) is 0 Å². The van der Waals surface area contributed by atoms with Crippen molar-refractivity contribution in [1.29, 1.82) is 0 Å². The molecule has 8 rings (SSSR count). The maximum atomic E-state index is 10.4. The second-order valence-corrected chi connectivity index (χ2v) is 17.1. The summed E-state index contributed by atoms with van der Waals surface area (Å²) in [5, 5.41) is 15.6. The van der Waals surface area contributed by atoms with Gasteiger partial charge in [-0.25, -0.2) is 29.9 Å². The highest BCUT2D eigenvalue weighted by atomic mass is 35.5. The molecule has 0 saturated carbocycles. The molecule has 19 nitrogen and oxygen atoms in total. The Hall–Kier alpha value is -6.22. The molecule has 4 atom stereocenters. The van der Waals surface area contributed by atoms with Crippen LogP contribution in [0.4, 0.5) is 49.9 Å². The zero-order chi connectivity index (χ0) is 54.7. The number of carbonyl (C=O) groups excluding carboxylic acids is 2. The van der Waals surface area contributed by atoms with Crippen molar-refractivity contribution in [2.24, 2.45) is 11.7 Å². The summed E-state index contributed by atoms with van der Waals surface area (Å²) in [5.41, 5.74) is 9.44. The van der Waals surface area contributed by atoms with E-state index in [0.717, 1.165) is 17.4 Å². The van der Waals surface area contributed by atoms with E-state index >= 15 is 0 Å². The second-order valence-electron chi connectivity index (χ2n) is 15.6. The fraction of sp³-hybridized carbons (Fsp3) is 0.378. The van der Waals surface area contributed by atoms with Crippen molar-refractivity contribution in [2.75, 3.05) is 90.2 Å². The summed E-state index contributed by atoms with van der Waals surface area (Å²) in [6.07, 6.45) is -7.95. The Kier molecular flexibility index (Phi) is 20.5. The maximum Gasteiger partial charge on any atom is 0.446 e. The van der Waals surface area contributed by atoms with Crippen LogP contribution in [0.25, 0.3) is 44.3 Å². The molecule has 400 valence electrons.